The summed E-state index contributed by atoms with van der Waals surface area (Å²) < 4.78 is 2.54. The molecule has 4 rings (SSSR count). The smallest absolute Gasteiger partial charge is 0.258 e. The summed E-state index contributed by atoms with van der Waals surface area (Å²) in [5, 5.41) is 1.56. The van der Waals surface area contributed by atoms with Gasteiger partial charge in [0.2, 0.25) is 0 Å². The Balaban J connectivity index is 2.16. The number of aromatic nitrogens is 2. The molecule has 0 aliphatic carbocycles. The van der Waals surface area contributed by atoms with Crippen LogP contribution in [0.15, 0.2) is 47.3 Å². The quantitative estimate of drug-likeness (QED) is 0.441. The van der Waals surface area contributed by atoms with E-state index in [9.17, 15) is 4.79 Å². The first-order valence-electron chi connectivity index (χ1n) is 6.68. The standard InChI is InChI=1S/C16H8Cl2N2OS2/c17-10-6-5-8(7-11(10)18)13-14-19-15(21)9-3-1-2-4-12(9)20(14)16(22)23-13/h1-7H,(H,19,21). The van der Waals surface area contributed by atoms with Crippen LogP contribution in [0.5, 0.6) is 0 Å². The summed E-state index contributed by atoms with van der Waals surface area (Å²) >= 11 is 19.0. The molecule has 0 bridgehead atoms. The molecule has 0 aliphatic rings. The van der Waals surface area contributed by atoms with Gasteiger partial charge in [0.15, 0.2) is 3.95 Å². The number of fused-ring (bicyclic) bond motifs is 3. The van der Waals surface area contributed by atoms with E-state index >= 15 is 0 Å². The van der Waals surface area contributed by atoms with Crippen LogP contribution in [0.4, 0.5) is 0 Å². The molecule has 0 aliphatic heterocycles. The maximum absolute atomic E-state index is 12.4. The summed E-state index contributed by atoms with van der Waals surface area (Å²) in [4.78, 5) is 16.1. The molecule has 0 saturated heterocycles. The summed E-state index contributed by atoms with van der Waals surface area (Å²) in [6.45, 7) is 0. The highest BCUT2D eigenvalue weighted by Crippen LogP contribution is 2.35. The largest absolute Gasteiger partial charge is 0.306 e. The Labute approximate surface area is 149 Å². The van der Waals surface area contributed by atoms with Gasteiger partial charge < -0.3 is 4.98 Å². The molecule has 0 amide bonds. The van der Waals surface area contributed by atoms with Gasteiger partial charge in [-0.15, -0.1) is 11.3 Å². The van der Waals surface area contributed by atoms with Crippen LogP contribution >= 0.6 is 46.8 Å². The minimum absolute atomic E-state index is 0.144. The number of nitrogens with zero attached hydrogens (tertiary/aromatic N) is 1. The fourth-order valence-corrected chi connectivity index (χ4v) is 4.25. The molecule has 0 unspecified atom stereocenters. The Bertz CT molecular complexity index is 1190. The number of para-hydroxylation sites is 1. The zero-order chi connectivity index (χ0) is 16.1. The molecule has 7 heteroatoms. The molecule has 0 spiro atoms. The van der Waals surface area contributed by atoms with Crippen molar-refractivity contribution in [3.05, 3.63) is 66.8 Å². The fraction of sp³-hybridized carbons (Fsp3) is 0. The molecule has 4 aromatic rings. The zero-order valence-corrected chi connectivity index (χ0v) is 14.6. The van der Waals surface area contributed by atoms with E-state index in [0.717, 1.165) is 16.0 Å². The lowest BCUT2D eigenvalue weighted by Crippen LogP contribution is -2.09. The van der Waals surface area contributed by atoms with Gasteiger partial charge in [-0.05, 0) is 42.0 Å². The first-order valence-corrected chi connectivity index (χ1v) is 8.66. The van der Waals surface area contributed by atoms with Crippen molar-refractivity contribution in [2.75, 3.05) is 0 Å². The zero-order valence-electron chi connectivity index (χ0n) is 11.5. The van der Waals surface area contributed by atoms with Crippen LogP contribution in [0.2, 0.25) is 10.0 Å². The average molecular weight is 379 g/mol. The van der Waals surface area contributed by atoms with Crippen molar-refractivity contribution < 1.29 is 0 Å². The van der Waals surface area contributed by atoms with Crippen LogP contribution in [0.1, 0.15) is 0 Å². The molecule has 2 aromatic heterocycles. The minimum atomic E-state index is -0.144. The van der Waals surface area contributed by atoms with Crippen molar-refractivity contribution in [3.63, 3.8) is 0 Å². The second-order valence-corrected chi connectivity index (χ2v) is 7.44. The SMILES string of the molecule is O=c1[nH]c2c(-c3ccc(Cl)c(Cl)c3)sc(=S)n2c2ccccc12. The van der Waals surface area contributed by atoms with Gasteiger partial charge in [-0.3, -0.25) is 9.20 Å². The van der Waals surface area contributed by atoms with E-state index in [1.807, 2.05) is 28.7 Å². The van der Waals surface area contributed by atoms with E-state index in [1.165, 1.54) is 11.3 Å². The third-order valence-electron chi connectivity index (χ3n) is 3.61. The van der Waals surface area contributed by atoms with Crippen molar-refractivity contribution in [2.24, 2.45) is 0 Å². The molecule has 0 atom stereocenters. The van der Waals surface area contributed by atoms with Crippen LogP contribution in [0, 0.1) is 3.95 Å². The van der Waals surface area contributed by atoms with Gasteiger partial charge in [0, 0.05) is 0 Å². The van der Waals surface area contributed by atoms with Gasteiger partial charge in [0.05, 0.1) is 25.8 Å². The Morgan fingerprint density at radius 3 is 2.65 bits per heavy atom. The Kier molecular flexibility index (Phi) is 3.54. The molecule has 114 valence electrons. The van der Waals surface area contributed by atoms with Crippen molar-refractivity contribution in [3.8, 4) is 10.4 Å². The summed E-state index contributed by atoms with van der Waals surface area (Å²) in [7, 11) is 0. The highest BCUT2D eigenvalue weighted by atomic mass is 35.5. The summed E-state index contributed by atoms with van der Waals surface area (Å²) in [5.41, 5.74) is 2.18. The van der Waals surface area contributed by atoms with Crippen LogP contribution < -0.4 is 5.56 Å². The van der Waals surface area contributed by atoms with Gasteiger partial charge in [0.1, 0.15) is 5.65 Å². The van der Waals surface area contributed by atoms with Gasteiger partial charge in [0.25, 0.3) is 5.56 Å². The predicted octanol–water partition coefficient (Wildman–Crippen LogP) is 5.55. The number of aromatic amines is 1. The third-order valence-corrected chi connectivity index (χ3v) is 5.78. The molecule has 1 N–H and O–H groups in total. The number of hydrogen-bond acceptors (Lipinski definition) is 3. The summed E-state index contributed by atoms with van der Waals surface area (Å²) in [5.74, 6) is 0. The van der Waals surface area contributed by atoms with E-state index in [2.05, 4.69) is 4.98 Å². The van der Waals surface area contributed by atoms with Gasteiger partial charge in [-0.1, -0.05) is 41.4 Å². The van der Waals surface area contributed by atoms with Crippen molar-refractivity contribution >= 4 is 63.3 Å². The Morgan fingerprint density at radius 2 is 1.87 bits per heavy atom. The molecule has 2 aromatic carbocycles. The third kappa shape index (κ3) is 2.32. The lowest BCUT2D eigenvalue weighted by atomic mass is 10.2. The number of hydrogen-bond donors (Lipinski definition) is 1. The van der Waals surface area contributed by atoms with Gasteiger partial charge in [-0.25, -0.2) is 0 Å². The molecule has 0 fully saturated rings. The highest BCUT2D eigenvalue weighted by Gasteiger charge is 2.14. The lowest BCUT2D eigenvalue weighted by Gasteiger charge is -2.04. The molecule has 2 heterocycles. The maximum atomic E-state index is 12.4. The van der Waals surface area contributed by atoms with Crippen molar-refractivity contribution in [2.45, 2.75) is 0 Å². The maximum Gasteiger partial charge on any atom is 0.258 e. The summed E-state index contributed by atoms with van der Waals surface area (Å²) in [6.07, 6.45) is 0. The van der Waals surface area contributed by atoms with E-state index in [1.54, 1.807) is 18.2 Å². The molecule has 23 heavy (non-hydrogen) atoms. The van der Waals surface area contributed by atoms with E-state index in [0.29, 0.717) is 25.0 Å². The van der Waals surface area contributed by atoms with E-state index < -0.39 is 0 Å². The van der Waals surface area contributed by atoms with Crippen molar-refractivity contribution in [1.29, 1.82) is 0 Å². The lowest BCUT2D eigenvalue weighted by molar-refractivity contribution is 1.16. The van der Waals surface area contributed by atoms with Crippen LogP contribution in [-0.4, -0.2) is 9.38 Å². The van der Waals surface area contributed by atoms with Crippen molar-refractivity contribution in [1.82, 2.24) is 9.38 Å². The normalized spacial score (nSPS) is 11.4. The van der Waals surface area contributed by atoms with Crippen LogP contribution in [0.3, 0.4) is 0 Å². The fourth-order valence-electron chi connectivity index (χ4n) is 2.57. The summed E-state index contributed by atoms with van der Waals surface area (Å²) in [6, 6.07) is 12.8. The molecule has 0 radical (unpaired) electrons. The molecule has 0 saturated carbocycles. The monoisotopic (exact) mass is 378 g/mol. The van der Waals surface area contributed by atoms with Crippen LogP contribution in [-0.2, 0) is 0 Å². The second kappa shape index (κ2) is 5.46. The Morgan fingerprint density at radius 1 is 1.09 bits per heavy atom. The highest BCUT2D eigenvalue weighted by molar-refractivity contribution is 7.73. The number of thiazole rings is 1. The first-order chi connectivity index (χ1) is 11.1. The van der Waals surface area contributed by atoms with Gasteiger partial charge >= 0.3 is 0 Å². The van der Waals surface area contributed by atoms with E-state index in [4.69, 9.17) is 35.4 Å². The predicted molar refractivity (Wildman–Crippen MR) is 99.7 cm³/mol. The minimum Gasteiger partial charge on any atom is -0.306 e. The number of benzene rings is 2. The average Bonchev–Trinajstić information content (AvgIpc) is 2.87. The number of H-pyrrole nitrogens is 1. The molecular weight excluding hydrogens is 371 g/mol. The number of nitrogens with one attached hydrogen (secondary N) is 1. The van der Waals surface area contributed by atoms with Gasteiger partial charge in [-0.2, -0.15) is 0 Å². The topological polar surface area (TPSA) is 37.3 Å². The number of rotatable bonds is 1. The van der Waals surface area contributed by atoms with Crippen LogP contribution in [0.25, 0.3) is 27.0 Å². The van der Waals surface area contributed by atoms with E-state index in [-0.39, 0.29) is 5.56 Å². The number of halogens is 2. The Hall–Kier alpha value is -1.66. The molecule has 3 nitrogen and oxygen atoms in total. The first kappa shape index (κ1) is 14.9. The second-order valence-electron chi connectivity index (χ2n) is 4.98. The molecular formula is C16H8Cl2N2OS2.